The van der Waals surface area contributed by atoms with Gasteiger partial charge in [-0.3, -0.25) is 14.7 Å². The summed E-state index contributed by atoms with van der Waals surface area (Å²) in [5.41, 5.74) is 0.125. The molecule has 1 aromatic carbocycles. The van der Waals surface area contributed by atoms with Gasteiger partial charge >= 0.3 is 12.2 Å². The molecule has 0 bridgehead atoms. The Bertz CT molecular complexity index is 1670. The minimum Gasteiger partial charge on any atom is -0.439 e. The molecule has 1 fully saturated rings. The van der Waals surface area contributed by atoms with Gasteiger partial charge in [-0.05, 0) is 56.4 Å². The number of rotatable bonds is 6. The van der Waals surface area contributed by atoms with Gasteiger partial charge in [-0.15, -0.1) is 0 Å². The number of carbonyl (C=O) groups excluding carboxylic acids is 2. The molecule has 2 aliphatic rings. The fourth-order valence-corrected chi connectivity index (χ4v) is 5.38. The Morgan fingerprint density at radius 2 is 1.98 bits per heavy atom. The molecule has 0 radical (unpaired) electrons. The highest BCUT2D eigenvalue weighted by Gasteiger charge is 2.67. The Hall–Kier alpha value is -4.42. The lowest BCUT2D eigenvalue weighted by Crippen LogP contribution is -2.43. The quantitative estimate of drug-likeness (QED) is 0.288. The fourth-order valence-electron chi connectivity index (χ4n) is 5.38. The van der Waals surface area contributed by atoms with Gasteiger partial charge in [-0.2, -0.15) is 13.2 Å². The van der Waals surface area contributed by atoms with Gasteiger partial charge in [0.15, 0.2) is 11.6 Å². The number of hydrogen-bond acceptors (Lipinski definition) is 7. The standard InChI is InChI=1S/C29H29F3N6O4/c1-16(2)10-25(39)38-14-21-20(11-17(38)3)26(34-15-33-21)41-19-4-5-22-18(12-19)6-9-37(22)27(40)35-24-13-23(42-36-24)28(7-8-28)29(30,31)32/h4-6,9,12-13,15-17H,7-8,10-11,14H2,1-3H3,(H,35,36,40)/t17-/m0/s1. The lowest BCUT2D eigenvalue weighted by Gasteiger charge is -2.35. The minimum atomic E-state index is -4.44. The molecule has 42 heavy (non-hydrogen) atoms. The monoisotopic (exact) mass is 582 g/mol. The van der Waals surface area contributed by atoms with Gasteiger partial charge < -0.3 is 14.2 Å². The number of amides is 2. The summed E-state index contributed by atoms with van der Waals surface area (Å²) < 4.78 is 52.6. The number of nitrogens with zero attached hydrogens (tertiary/aromatic N) is 5. The number of ether oxygens (including phenoxy) is 1. The predicted molar refractivity (Wildman–Crippen MR) is 145 cm³/mol. The van der Waals surface area contributed by atoms with Crippen molar-refractivity contribution in [2.24, 2.45) is 5.92 Å². The van der Waals surface area contributed by atoms with Gasteiger partial charge in [0.05, 0.1) is 17.8 Å². The molecule has 1 aliphatic carbocycles. The van der Waals surface area contributed by atoms with Crippen LogP contribution < -0.4 is 10.1 Å². The second kappa shape index (κ2) is 10.1. The predicted octanol–water partition coefficient (Wildman–Crippen LogP) is 6.21. The average molecular weight is 583 g/mol. The molecule has 3 aromatic heterocycles. The highest BCUT2D eigenvalue weighted by Crippen LogP contribution is 2.59. The Labute approximate surface area is 238 Å². The zero-order valence-corrected chi connectivity index (χ0v) is 23.2. The van der Waals surface area contributed by atoms with E-state index >= 15 is 0 Å². The molecule has 0 saturated heterocycles. The topological polar surface area (TPSA) is 115 Å². The maximum Gasteiger partial charge on any atom is 0.401 e. The summed E-state index contributed by atoms with van der Waals surface area (Å²) in [4.78, 5) is 36.3. The van der Waals surface area contributed by atoms with Gasteiger partial charge in [-0.25, -0.2) is 14.8 Å². The second-order valence-corrected chi connectivity index (χ2v) is 11.4. The van der Waals surface area contributed by atoms with Crippen LogP contribution in [0.3, 0.4) is 0 Å². The normalized spacial score (nSPS) is 17.8. The maximum atomic E-state index is 13.4. The maximum absolute atomic E-state index is 13.4. The van der Waals surface area contributed by atoms with Crippen LogP contribution >= 0.6 is 0 Å². The van der Waals surface area contributed by atoms with E-state index in [4.69, 9.17) is 9.26 Å². The van der Waals surface area contributed by atoms with Crippen LogP contribution in [-0.4, -0.2) is 48.7 Å². The van der Waals surface area contributed by atoms with Crippen molar-refractivity contribution in [3.05, 3.63) is 59.9 Å². The largest absolute Gasteiger partial charge is 0.439 e. The highest BCUT2D eigenvalue weighted by atomic mass is 19.4. The van der Waals surface area contributed by atoms with E-state index in [2.05, 4.69) is 20.4 Å². The molecule has 6 rings (SSSR count). The SMILES string of the molecule is CC(C)CC(=O)N1Cc2ncnc(Oc3ccc4c(ccn4C(=O)Nc4cc(C5(C(F)(F)F)CC5)on4)c3)c2C[C@@H]1C. The Balaban J connectivity index is 1.17. The molecule has 13 heteroatoms. The number of anilines is 1. The highest BCUT2D eigenvalue weighted by molar-refractivity contribution is 5.98. The Morgan fingerprint density at radius 1 is 1.19 bits per heavy atom. The molecule has 220 valence electrons. The van der Waals surface area contributed by atoms with Crippen LogP contribution in [0.2, 0.25) is 0 Å². The molecule has 1 saturated carbocycles. The van der Waals surface area contributed by atoms with Crippen LogP contribution in [0.25, 0.3) is 10.9 Å². The van der Waals surface area contributed by atoms with E-state index in [0.717, 1.165) is 17.3 Å². The Morgan fingerprint density at radius 3 is 2.69 bits per heavy atom. The molecule has 1 atom stereocenters. The van der Waals surface area contributed by atoms with Crippen LogP contribution in [0, 0.1) is 5.92 Å². The van der Waals surface area contributed by atoms with E-state index in [1.165, 1.54) is 10.9 Å². The van der Waals surface area contributed by atoms with E-state index in [1.54, 1.807) is 30.5 Å². The van der Waals surface area contributed by atoms with Crippen molar-refractivity contribution in [2.45, 2.75) is 70.6 Å². The summed E-state index contributed by atoms with van der Waals surface area (Å²) in [5, 5.41) is 6.81. The molecular weight excluding hydrogens is 553 g/mol. The third kappa shape index (κ3) is 4.96. The van der Waals surface area contributed by atoms with Crippen LogP contribution in [0.1, 0.15) is 57.1 Å². The molecule has 1 N–H and O–H groups in total. The first-order chi connectivity index (χ1) is 19.9. The van der Waals surface area contributed by atoms with Crippen LogP contribution in [-0.2, 0) is 23.2 Å². The molecular formula is C29H29F3N6O4. The third-order valence-corrected chi connectivity index (χ3v) is 7.85. The van der Waals surface area contributed by atoms with Crippen molar-refractivity contribution >= 4 is 28.7 Å². The van der Waals surface area contributed by atoms with Crippen molar-refractivity contribution in [2.75, 3.05) is 5.32 Å². The van der Waals surface area contributed by atoms with Gasteiger partial charge in [0.2, 0.25) is 11.8 Å². The van der Waals surface area contributed by atoms with Crippen molar-refractivity contribution < 1.29 is 32.0 Å². The van der Waals surface area contributed by atoms with Crippen molar-refractivity contribution in [1.82, 2.24) is 24.6 Å². The van der Waals surface area contributed by atoms with Gasteiger partial charge in [0.25, 0.3) is 0 Å². The number of hydrogen-bond donors (Lipinski definition) is 1. The first-order valence-electron chi connectivity index (χ1n) is 13.7. The number of fused-ring (bicyclic) bond motifs is 2. The first kappa shape index (κ1) is 27.7. The van der Waals surface area contributed by atoms with Crippen LogP contribution in [0.4, 0.5) is 23.8 Å². The minimum absolute atomic E-state index is 0.0313. The molecule has 0 unspecified atom stereocenters. The fraction of sp³-hybridized carbons (Fsp3) is 0.414. The third-order valence-electron chi connectivity index (χ3n) is 7.85. The summed E-state index contributed by atoms with van der Waals surface area (Å²) in [6.45, 7) is 6.42. The average Bonchev–Trinajstić information content (AvgIpc) is 3.45. The number of carbonyl (C=O) groups is 2. The molecule has 10 nitrogen and oxygen atoms in total. The van der Waals surface area contributed by atoms with E-state index in [-0.39, 0.29) is 42.3 Å². The van der Waals surface area contributed by atoms with Crippen molar-refractivity contribution in [3.63, 3.8) is 0 Å². The number of aromatic nitrogens is 4. The van der Waals surface area contributed by atoms with E-state index < -0.39 is 17.6 Å². The zero-order chi connectivity index (χ0) is 29.8. The van der Waals surface area contributed by atoms with E-state index in [0.29, 0.717) is 41.9 Å². The van der Waals surface area contributed by atoms with Crippen molar-refractivity contribution in [3.8, 4) is 11.6 Å². The molecule has 4 aromatic rings. The zero-order valence-electron chi connectivity index (χ0n) is 23.2. The number of alkyl halides is 3. The summed E-state index contributed by atoms with van der Waals surface area (Å²) in [6, 6.07) is 7.35. The first-order valence-corrected chi connectivity index (χ1v) is 13.7. The second-order valence-electron chi connectivity index (χ2n) is 11.4. The Kier molecular flexibility index (Phi) is 6.70. The van der Waals surface area contributed by atoms with E-state index in [9.17, 15) is 22.8 Å². The number of halogens is 3. The van der Waals surface area contributed by atoms with Gasteiger partial charge in [0, 0.05) is 35.7 Å². The molecule has 0 spiro atoms. The summed E-state index contributed by atoms with van der Waals surface area (Å²) >= 11 is 0. The van der Waals surface area contributed by atoms with Crippen LogP contribution in [0.5, 0.6) is 11.6 Å². The molecule has 2 amide bonds. The number of benzene rings is 1. The summed E-state index contributed by atoms with van der Waals surface area (Å²) in [7, 11) is 0. The van der Waals surface area contributed by atoms with E-state index in [1.807, 2.05) is 25.7 Å². The molecule has 4 heterocycles. The number of nitrogens with one attached hydrogen (secondary N) is 1. The van der Waals surface area contributed by atoms with Gasteiger partial charge in [0.1, 0.15) is 17.5 Å². The lowest BCUT2D eigenvalue weighted by atomic mass is 9.98. The van der Waals surface area contributed by atoms with Crippen molar-refractivity contribution in [1.29, 1.82) is 0 Å². The molecule has 1 aliphatic heterocycles. The summed E-state index contributed by atoms with van der Waals surface area (Å²) in [6.07, 6.45) is -0.589. The summed E-state index contributed by atoms with van der Waals surface area (Å²) in [5.74, 6) is 0.865. The van der Waals surface area contributed by atoms with Gasteiger partial charge in [-0.1, -0.05) is 19.0 Å². The van der Waals surface area contributed by atoms with Crippen LogP contribution in [0.15, 0.2) is 47.4 Å². The smallest absolute Gasteiger partial charge is 0.401 e. The lowest BCUT2D eigenvalue weighted by molar-refractivity contribution is -0.165.